The second kappa shape index (κ2) is 5.71. The van der Waals surface area contributed by atoms with Gasteiger partial charge in [0, 0.05) is 6.04 Å². The average Bonchev–Trinajstić information content (AvgIpc) is 3.20. The first-order valence-corrected chi connectivity index (χ1v) is 6.79. The van der Waals surface area contributed by atoms with E-state index in [2.05, 4.69) is 5.32 Å². The highest BCUT2D eigenvalue weighted by molar-refractivity contribution is 5.84. The zero-order valence-corrected chi connectivity index (χ0v) is 12.2. The first kappa shape index (κ1) is 14.7. The van der Waals surface area contributed by atoms with Gasteiger partial charge >= 0.3 is 0 Å². The fourth-order valence-corrected chi connectivity index (χ4v) is 1.98. The molecule has 2 rings (SSSR count). The Balaban J connectivity index is 2.07. The summed E-state index contributed by atoms with van der Waals surface area (Å²) in [6.45, 7) is 3.93. The van der Waals surface area contributed by atoms with Gasteiger partial charge < -0.3 is 15.2 Å². The molecule has 0 aliphatic heterocycles. The van der Waals surface area contributed by atoms with Crippen molar-refractivity contribution in [2.24, 2.45) is 5.73 Å². The predicted molar refractivity (Wildman–Crippen MR) is 77.0 cm³/mol. The number of hydrogen-bond donors (Lipinski definition) is 2. The van der Waals surface area contributed by atoms with Crippen molar-refractivity contribution in [3.05, 3.63) is 23.8 Å². The fourth-order valence-electron chi connectivity index (χ4n) is 1.98. The predicted octanol–water partition coefficient (Wildman–Crippen LogP) is 1.38. The third-order valence-electron chi connectivity index (χ3n) is 3.48. The molecule has 0 spiro atoms. The molecule has 0 radical (unpaired) electrons. The summed E-state index contributed by atoms with van der Waals surface area (Å²) >= 11 is 0. The van der Waals surface area contributed by atoms with E-state index in [0.29, 0.717) is 17.5 Å². The van der Waals surface area contributed by atoms with Gasteiger partial charge in [-0.1, -0.05) is 6.07 Å². The lowest BCUT2D eigenvalue weighted by Gasteiger charge is -2.27. The number of hydrogen-bond acceptors (Lipinski definition) is 4. The minimum Gasteiger partial charge on any atom is -0.493 e. The summed E-state index contributed by atoms with van der Waals surface area (Å²) in [6, 6.07) is 6.04. The molecule has 5 heteroatoms. The van der Waals surface area contributed by atoms with Crippen molar-refractivity contribution in [2.75, 3.05) is 13.7 Å². The number of ether oxygens (including phenoxy) is 2. The van der Waals surface area contributed by atoms with Crippen LogP contribution in [0.15, 0.2) is 18.2 Å². The molecular weight excluding hydrogens is 256 g/mol. The van der Waals surface area contributed by atoms with Crippen molar-refractivity contribution in [3.63, 3.8) is 0 Å². The van der Waals surface area contributed by atoms with Crippen LogP contribution in [0.5, 0.6) is 11.5 Å². The van der Waals surface area contributed by atoms with Gasteiger partial charge in [0.1, 0.15) is 12.1 Å². The number of nitrogens with two attached hydrogens (primary N) is 1. The van der Waals surface area contributed by atoms with E-state index in [1.807, 2.05) is 25.1 Å². The highest BCUT2D eigenvalue weighted by Crippen LogP contribution is 2.29. The fraction of sp³-hybridized carbons (Fsp3) is 0.533. The van der Waals surface area contributed by atoms with Crippen LogP contribution in [0.1, 0.15) is 25.3 Å². The maximum absolute atomic E-state index is 11.7. The van der Waals surface area contributed by atoms with E-state index in [4.69, 9.17) is 15.2 Å². The van der Waals surface area contributed by atoms with Crippen LogP contribution in [0.25, 0.3) is 0 Å². The van der Waals surface area contributed by atoms with E-state index in [-0.39, 0.29) is 6.61 Å². The molecule has 20 heavy (non-hydrogen) atoms. The first-order chi connectivity index (χ1) is 9.44. The van der Waals surface area contributed by atoms with Gasteiger partial charge in [0.15, 0.2) is 11.5 Å². The molecule has 1 fully saturated rings. The number of methoxy groups -OCH3 is 1. The van der Waals surface area contributed by atoms with E-state index in [1.165, 1.54) is 0 Å². The van der Waals surface area contributed by atoms with E-state index < -0.39 is 11.4 Å². The van der Waals surface area contributed by atoms with Crippen LogP contribution >= 0.6 is 0 Å². The van der Waals surface area contributed by atoms with Gasteiger partial charge in [-0.25, -0.2) is 0 Å². The normalized spacial score (nSPS) is 17.4. The summed E-state index contributed by atoms with van der Waals surface area (Å²) in [4.78, 5) is 11.7. The Morgan fingerprint density at radius 1 is 1.45 bits per heavy atom. The lowest BCUT2D eigenvalue weighted by atomic mass is 10.0. The van der Waals surface area contributed by atoms with E-state index in [9.17, 15) is 4.79 Å². The Bertz CT molecular complexity index is 500. The lowest BCUT2D eigenvalue weighted by molar-refractivity contribution is -0.125. The molecule has 0 saturated heterocycles. The summed E-state index contributed by atoms with van der Waals surface area (Å²) < 4.78 is 11.0. The van der Waals surface area contributed by atoms with Crippen molar-refractivity contribution >= 4 is 5.91 Å². The number of rotatable bonds is 7. The van der Waals surface area contributed by atoms with Crippen molar-refractivity contribution < 1.29 is 14.3 Å². The largest absolute Gasteiger partial charge is 0.493 e. The van der Waals surface area contributed by atoms with Gasteiger partial charge in [0.25, 0.3) is 0 Å². The molecule has 1 aromatic carbocycles. The summed E-state index contributed by atoms with van der Waals surface area (Å²) in [5, 5.41) is 3.25. The highest BCUT2D eigenvalue weighted by atomic mass is 16.5. The van der Waals surface area contributed by atoms with Crippen LogP contribution in [-0.2, 0) is 4.79 Å². The quantitative estimate of drug-likeness (QED) is 0.790. The maximum atomic E-state index is 11.7. The molecular formula is C15H22N2O3. The molecule has 1 aromatic rings. The molecule has 110 valence electrons. The Kier molecular flexibility index (Phi) is 4.18. The standard InChI is InChI=1S/C15H22N2O3/c1-10-4-7-12(13(8-10)19-3)20-9-15(2,14(16)18)17-11-5-6-11/h4,7-8,11,17H,5-6,9H2,1-3H3,(H2,16,18). The summed E-state index contributed by atoms with van der Waals surface area (Å²) in [6.07, 6.45) is 2.16. The van der Waals surface area contributed by atoms with E-state index >= 15 is 0 Å². The van der Waals surface area contributed by atoms with Gasteiger partial charge in [-0.05, 0) is 44.4 Å². The van der Waals surface area contributed by atoms with Crippen LogP contribution in [-0.4, -0.2) is 31.2 Å². The second-order valence-electron chi connectivity index (χ2n) is 5.56. The number of nitrogens with one attached hydrogen (secondary N) is 1. The molecule has 1 unspecified atom stereocenters. The van der Waals surface area contributed by atoms with Gasteiger partial charge in [-0.15, -0.1) is 0 Å². The van der Waals surface area contributed by atoms with Crippen molar-refractivity contribution in [2.45, 2.75) is 38.3 Å². The Labute approximate surface area is 119 Å². The second-order valence-corrected chi connectivity index (χ2v) is 5.56. The van der Waals surface area contributed by atoms with E-state index in [1.54, 1.807) is 14.0 Å². The molecule has 1 aliphatic carbocycles. The number of carbonyl (C=O) groups excluding carboxylic acids is 1. The van der Waals surface area contributed by atoms with Gasteiger partial charge in [-0.2, -0.15) is 0 Å². The lowest BCUT2D eigenvalue weighted by Crippen LogP contribution is -2.57. The van der Waals surface area contributed by atoms with Crippen LogP contribution in [0, 0.1) is 6.92 Å². The summed E-state index contributed by atoms with van der Waals surface area (Å²) in [7, 11) is 1.59. The zero-order chi connectivity index (χ0) is 14.8. The Morgan fingerprint density at radius 2 is 2.15 bits per heavy atom. The topological polar surface area (TPSA) is 73.6 Å². The zero-order valence-electron chi connectivity index (χ0n) is 12.2. The van der Waals surface area contributed by atoms with Crippen molar-refractivity contribution in [1.29, 1.82) is 0 Å². The SMILES string of the molecule is COc1cc(C)ccc1OCC(C)(NC1CC1)C(N)=O. The third kappa shape index (κ3) is 3.42. The minimum atomic E-state index is -0.864. The number of amides is 1. The number of carbonyl (C=O) groups is 1. The van der Waals surface area contributed by atoms with Crippen molar-refractivity contribution in [1.82, 2.24) is 5.32 Å². The molecule has 0 aromatic heterocycles. The maximum Gasteiger partial charge on any atom is 0.240 e. The monoisotopic (exact) mass is 278 g/mol. The third-order valence-corrected chi connectivity index (χ3v) is 3.48. The molecule has 1 aliphatic rings. The Hall–Kier alpha value is -1.75. The Morgan fingerprint density at radius 3 is 2.70 bits per heavy atom. The van der Waals surface area contributed by atoms with Gasteiger partial charge in [0.2, 0.25) is 5.91 Å². The first-order valence-electron chi connectivity index (χ1n) is 6.79. The summed E-state index contributed by atoms with van der Waals surface area (Å²) in [5.74, 6) is 0.863. The molecule has 3 N–H and O–H groups in total. The molecule has 1 atom stereocenters. The number of aryl methyl sites for hydroxylation is 1. The van der Waals surface area contributed by atoms with Crippen LogP contribution < -0.4 is 20.5 Å². The van der Waals surface area contributed by atoms with Crippen LogP contribution in [0.3, 0.4) is 0 Å². The van der Waals surface area contributed by atoms with Crippen molar-refractivity contribution in [3.8, 4) is 11.5 Å². The smallest absolute Gasteiger partial charge is 0.240 e. The molecule has 1 amide bonds. The highest BCUT2D eigenvalue weighted by Gasteiger charge is 2.38. The minimum absolute atomic E-state index is 0.179. The molecule has 5 nitrogen and oxygen atoms in total. The number of benzene rings is 1. The van der Waals surface area contributed by atoms with Crippen LogP contribution in [0.4, 0.5) is 0 Å². The molecule has 0 bridgehead atoms. The van der Waals surface area contributed by atoms with Crippen LogP contribution in [0.2, 0.25) is 0 Å². The van der Waals surface area contributed by atoms with Gasteiger partial charge in [-0.3, -0.25) is 10.1 Å². The summed E-state index contributed by atoms with van der Waals surface area (Å²) in [5.41, 5.74) is 5.72. The molecule has 0 heterocycles. The average molecular weight is 278 g/mol. The van der Waals surface area contributed by atoms with E-state index in [0.717, 1.165) is 18.4 Å². The molecule has 1 saturated carbocycles. The van der Waals surface area contributed by atoms with Gasteiger partial charge in [0.05, 0.1) is 7.11 Å². The number of primary amides is 1.